The summed E-state index contributed by atoms with van der Waals surface area (Å²) in [6.07, 6.45) is 0. The summed E-state index contributed by atoms with van der Waals surface area (Å²) >= 11 is 12.8. The van der Waals surface area contributed by atoms with E-state index in [4.69, 9.17) is 16.3 Å². The molecule has 0 saturated heterocycles. The maximum atomic E-state index is 5.90. The fraction of sp³-hybridized carbons (Fsp3) is 0.0769. The zero-order valence-electron chi connectivity index (χ0n) is 8.79. The van der Waals surface area contributed by atoms with Crippen LogP contribution in [0, 0.1) is 0 Å². The molecule has 0 heterocycles. The molecule has 88 valence electrons. The molecule has 0 aromatic heterocycles. The summed E-state index contributed by atoms with van der Waals surface area (Å²) in [6, 6.07) is 13.5. The SMILES string of the molecule is ClCc1cc(Br)ccc1Oc1ccccc1Br. The van der Waals surface area contributed by atoms with Gasteiger partial charge < -0.3 is 4.74 Å². The maximum absolute atomic E-state index is 5.90. The molecule has 2 rings (SSSR count). The highest BCUT2D eigenvalue weighted by Gasteiger charge is 2.06. The highest BCUT2D eigenvalue weighted by molar-refractivity contribution is 9.10. The van der Waals surface area contributed by atoms with Gasteiger partial charge in [0, 0.05) is 10.0 Å². The molecule has 0 spiro atoms. The lowest BCUT2D eigenvalue weighted by atomic mass is 10.2. The number of hydrogen-bond donors (Lipinski definition) is 0. The van der Waals surface area contributed by atoms with Gasteiger partial charge in [-0.1, -0.05) is 28.1 Å². The highest BCUT2D eigenvalue weighted by atomic mass is 79.9. The summed E-state index contributed by atoms with van der Waals surface area (Å²) in [6.45, 7) is 0. The zero-order valence-corrected chi connectivity index (χ0v) is 12.7. The van der Waals surface area contributed by atoms with Gasteiger partial charge >= 0.3 is 0 Å². The number of hydrogen-bond acceptors (Lipinski definition) is 1. The Bertz CT molecular complexity index is 529. The minimum Gasteiger partial charge on any atom is -0.456 e. The molecule has 2 aromatic carbocycles. The third kappa shape index (κ3) is 3.24. The van der Waals surface area contributed by atoms with E-state index < -0.39 is 0 Å². The number of para-hydroxylation sites is 1. The van der Waals surface area contributed by atoms with Crippen LogP contribution in [0.5, 0.6) is 11.5 Å². The molecule has 0 fully saturated rings. The average molecular weight is 376 g/mol. The fourth-order valence-corrected chi connectivity index (χ4v) is 2.38. The molecule has 1 nitrogen and oxygen atoms in total. The van der Waals surface area contributed by atoms with Crippen LogP contribution in [0.1, 0.15) is 5.56 Å². The maximum Gasteiger partial charge on any atom is 0.141 e. The van der Waals surface area contributed by atoms with Crippen LogP contribution in [0.25, 0.3) is 0 Å². The molecule has 0 atom stereocenters. The lowest BCUT2D eigenvalue weighted by Crippen LogP contribution is -1.90. The molecule has 17 heavy (non-hydrogen) atoms. The number of ether oxygens (including phenoxy) is 1. The van der Waals surface area contributed by atoms with Crippen molar-refractivity contribution < 1.29 is 4.74 Å². The largest absolute Gasteiger partial charge is 0.456 e. The zero-order chi connectivity index (χ0) is 12.3. The quantitative estimate of drug-likeness (QED) is 0.621. The second-order valence-electron chi connectivity index (χ2n) is 3.42. The van der Waals surface area contributed by atoms with Crippen molar-refractivity contribution in [2.24, 2.45) is 0 Å². The van der Waals surface area contributed by atoms with E-state index in [0.29, 0.717) is 5.88 Å². The van der Waals surface area contributed by atoms with Crippen LogP contribution in [0.2, 0.25) is 0 Å². The van der Waals surface area contributed by atoms with Crippen LogP contribution >= 0.6 is 43.5 Å². The molecule has 0 aliphatic carbocycles. The monoisotopic (exact) mass is 374 g/mol. The summed E-state index contributed by atoms with van der Waals surface area (Å²) in [5.74, 6) is 1.97. The van der Waals surface area contributed by atoms with Gasteiger partial charge in [0.05, 0.1) is 10.4 Å². The van der Waals surface area contributed by atoms with Gasteiger partial charge in [-0.2, -0.15) is 0 Å². The van der Waals surface area contributed by atoms with Crippen molar-refractivity contribution >= 4 is 43.5 Å². The van der Waals surface area contributed by atoms with Crippen molar-refractivity contribution in [3.63, 3.8) is 0 Å². The first-order valence-corrected chi connectivity index (χ1v) is 7.09. The van der Waals surface area contributed by atoms with E-state index in [0.717, 1.165) is 26.0 Å². The minimum atomic E-state index is 0.416. The Morgan fingerprint density at radius 1 is 1.00 bits per heavy atom. The first-order chi connectivity index (χ1) is 8.20. The Labute approximate surface area is 122 Å². The van der Waals surface area contributed by atoms with E-state index in [9.17, 15) is 0 Å². The molecule has 0 unspecified atom stereocenters. The fourth-order valence-electron chi connectivity index (χ4n) is 1.40. The normalized spacial score (nSPS) is 10.3. The predicted molar refractivity (Wildman–Crippen MR) is 77.9 cm³/mol. The molecular weight excluding hydrogens is 367 g/mol. The van der Waals surface area contributed by atoms with Gasteiger partial charge in [0.1, 0.15) is 11.5 Å². The van der Waals surface area contributed by atoms with Gasteiger partial charge in [0.2, 0.25) is 0 Å². The second kappa shape index (κ2) is 5.89. The van der Waals surface area contributed by atoms with Gasteiger partial charge in [0.25, 0.3) is 0 Å². The van der Waals surface area contributed by atoms with Crippen molar-refractivity contribution in [1.29, 1.82) is 0 Å². The third-order valence-electron chi connectivity index (χ3n) is 2.22. The number of benzene rings is 2. The molecule has 0 saturated carbocycles. The third-order valence-corrected chi connectivity index (χ3v) is 3.66. The first kappa shape index (κ1) is 12.9. The average Bonchev–Trinajstić information content (AvgIpc) is 2.34. The van der Waals surface area contributed by atoms with Crippen LogP contribution in [0.3, 0.4) is 0 Å². The molecular formula is C13H9Br2ClO. The van der Waals surface area contributed by atoms with E-state index in [1.54, 1.807) is 0 Å². The first-order valence-electron chi connectivity index (χ1n) is 4.97. The van der Waals surface area contributed by atoms with Crippen molar-refractivity contribution in [1.82, 2.24) is 0 Å². The molecule has 0 radical (unpaired) electrons. The summed E-state index contributed by atoms with van der Waals surface area (Å²) in [5.41, 5.74) is 0.955. The Morgan fingerprint density at radius 2 is 1.76 bits per heavy atom. The van der Waals surface area contributed by atoms with Gasteiger partial charge in [-0.05, 0) is 46.3 Å². The molecule has 0 aliphatic heterocycles. The van der Waals surface area contributed by atoms with Crippen LogP contribution in [0.4, 0.5) is 0 Å². The predicted octanol–water partition coefficient (Wildman–Crippen LogP) is 5.74. The molecule has 0 N–H and O–H groups in total. The Balaban J connectivity index is 2.33. The Morgan fingerprint density at radius 3 is 2.47 bits per heavy atom. The van der Waals surface area contributed by atoms with Crippen LogP contribution in [-0.4, -0.2) is 0 Å². The highest BCUT2D eigenvalue weighted by Crippen LogP contribution is 2.33. The number of halogens is 3. The summed E-state index contributed by atoms with van der Waals surface area (Å²) in [5, 5.41) is 0. The molecule has 0 bridgehead atoms. The number of alkyl halides is 1. The summed E-state index contributed by atoms with van der Waals surface area (Å²) < 4.78 is 7.75. The molecule has 4 heteroatoms. The van der Waals surface area contributed by atoms with E-state index in [1.807, 2.05) is 42.5 Å². The van der Waals surface area contributed by atoms with Crippen molar-refractivity contribution in [3.05, 3.63) is 57.0 Å². The summed E-state index contributed by atoms with van der Waals surface area (Å²) in [7, 11) is 0. The molecule has 0 amide bonds. The van der Waals surface area contributed by atoms with Crippen molar-refractivity contribution in [2.75, 3.05) is 0 Å². The molecule has 0 aliphatic rings. The van der Waals surface area contributed by atoms with E-state index in [1.165, 1.54) is 0 Å². The van der Waals surface area contributed by atoms with E-state index in [-0.39, 0.29) is 0 Å². The van der Waals surface area contributed by atoms with E-state index >= 15 is 0 Å². The van der Waals surface area contributed by atoms with E-state index in [2.05, 4.69) is 31.9 Å². The minimum absolute atomic E-state index is 0.416. The standard InChI is InChI=1S/C13H9Br2ClO/c14-10-5-6-12(9(7-10)8-16)17-13-4-2-1-3-11(13)15/h1-7H,8H2. The van der Waals surface area contributed by atoms with Gasteiger partial charge in [-0.25, -0.2) is 0 Å². The van der Waals surface area contributed by atoms with Gasteiger partial charge in [-0.15, -0.1) is 11.6 Å². The van der Waals surface area contributed by atoms with Crippen LogP contribution in [-0.2, 0) is 5.88 Å². The smallest absolute Gasteiger partial charge is 0.141 e. The summed E-state index contributed by atoms with van der Waals surface area (Å²) in [4.78, 5) is 0. The van der Waals surface area contributed by atoms with Gasteiger partial charge in [-0.3, -0.25) is 0 Å². The van der Waals surface area contributed by atoms with Gasteiger partial charge in [0.15, 0.2) is 0 Å². The van der Waals surface area contributed by atoms with Crippen molar-refractivity contribution in [3.8, 4) is 11.5 Å². The van der Waals surface area contributed by atoms with Crippen LogP contribution in [0.15, 0.2) is 51.4 Å². The van der Waals surface area contributed by atoms with Crippen molar-refractivity contribution in [2.45, 2.75) is 5.88 Å². The lowest BCUT2D eigenvalue weighted by Gasteiger charge is -2.11. The Hall–Kier alpha value is -0.510. The topological polar surface area (TPSA) is 9.23 Å². The molecule has 2 aromatic rings. The Kier molecular flexibility index (Phi) is 4.48. The second-order valence-corrected chi connectivity index (χ2v) is 5.46. The lowest BCUT2D eigenvalue weighted by molar-refractivity contribution is 0.475. The number of rotatable bonds is 3. The van der Waals surface area contributed by atoms with Crippen LogP contribution < -0.4 is 4.74 Å².